The summed E-state index contributed by atoms with van der Waals surface area (Å²) in [6.07, 6.45) is 3.75. The topological polar surface area (TPSA) is 43.6 Å². The number of thioether (sulfide) groups is 1. The Morgan fingerprint density at radius 3 is 2.16 bits per heavy atom. The van der Waals surface area contributed by atoms with Crippen molar-refractivity contribution in [1.82, 2.24) is 19.5 Å². The van der Waals surface area contributed by atoms with Crippen molar-refractivity contribution in [2.45, 2.75) is 32.6 Å². The Hall–Kier alpha value is -3.96. The van der Waals surface area contributed by atoms with E-state index in [1.807, 2.05) is 30.3 Å². The summed E-state index contributed by atoms with van der Waals surface area (Å²) in [5.41, 5.74) is 10.5. The molecule has 0 aliphatic rings. The zero-order valence-electron chi connectivity index (χ0n) is 21.7. The lowest BCUT2D eigenvalue weighted by atomic mass is 9.96. The van der Waals surface area contributed by atoms with Gasteiger partial charge in [0.05, 0.1) is 16.7 Å². The summed E-state index contributed by atoms with van der Waals surface area (Å²) in [5.74, 6) is 1.38. The number of fused-ring (bicyclic) bond motifs is 3. The Morgan fingerprint density at radius 2 is 1.41 bits per heavy atom. The minimum atomic E-state index is 0.684. The molecule has 0 fully saturated rings. The van der Waals surface area contributed by atoms with Crippen molar-refractivity contribution in [3.05, 3.63) is 101 Å². The van der Waals surface area contributed by atoms with Crippen molar-refractivity contribution in [1.29, 1.82) is 0 Å². The van der Waals surface area contributed by atoms with Crippen LogP contribution in [0.2, 0.25) is 0 Å². The van der Waals surface area contributed by atoms with Gasteiger partial charge >= 0.3 is 0 Å². The summed E-state index contributed by atoms with van der Waals surface area (Å²) >= 11 is 1.78. The van der Waals surface area contributed by atoms with Crippen LogP contribution in [0, 0.1) is 27.7 Å². The highest BCUT2D eigenvalue weighted by Gasteiger charge is 2.21. The minimum Gasteiger partial charge on any atom is -0.309 e. The molecule has 0 aliphatic heterocycles. The molecule has 6 aromatic rings. The van der Waals surface area contributed by atoms with Gasteiger partial charge in [-0.1, -0.05) is 48.0 Å². The first-order valence-corrected chi connectivity index (χ1v) is 13.6. The predicted octanol–water partition coefficient (Wildman–Crippen LogP) is 8.26. The number of nitrogens with zero attached hydrogens (tertiary/aromatic N) is 4. The summed E-state index contributed by atoms with van der Waals surface area (Å²) < 4.78 is 2.42. The van der Waals surface area contributed by atoms with Gasteiger partial charge in [0.1, 0.15) is 6.33 Å². The normalized spacial score (nSPS) is 11.5. The molecule has 0 amide bonds. The van der Waals surface area contributed by atoms with Crippen LogP contribution in [0.5, 0.6) is 0 Å². The van der Waals surface area contributed by atoms with E-state index in [0.717, 1.165) is 22.3 Å². The molecular weight excluding hydrogens is 472 g/mol. The molecule has 0 saturated carbocycles. The van der Waals surface area contributed by atoms with Crippen molar-refractivity contribution in [2.24, 2.45) is 0 Å². The molecule has 2 aromatic heterocycles. The van der Waals surface area contributed by atoms with Crippen LogP contribution in [-0.2, 0) is 0 Å². The highest BCUT2D eigenvalue weighted by molar-refractivity contribution is 7.98. The molecule has 0 unspecified atom stereocenters. The molecule has 4 aromatic carbocycles. The Labute approximate surface area is 221 Å². The number of rotatable bonds is 4. The van der Waals surface area contributed by atoms with Gasteiger partial charge in [-0.2, -0.15) is 0 Å². The van der Waals surface area contributed by atoms with Gasteiger partial charge in [0.25, 0.3) is 0 Å². The van der Waals surface area contributed by atoms with Crippen molar-refractivity contribution in [2.75, 3.05) is 6.26 Å². The molecule has 2 heterocycles. The zero-order valence-corrected chi connectivity index (χ0v) is 22.5. The summed E-state index contributed by atoms with van der Waals surface area (Å²) in [6.45, 7) is 8.69. The molecular formula is C32H28N4S. The lowest BCUT2D eigenvalue weighted by Crippen LogP contribution is -2.05. The number of hydrogen-bond donors (Lipinski definition) is 0. The van der Waals surface area contributed by atoms with Gasteiger partial charge in [-0.3, -0.25) is 0 Å². The zero-order chi connectivity index (χ0) is 25.7. The van der Waals surface area contributed by atoms with Gasteiger partial charge < -0.3 is 4.57 Å². The van der Waals surface area contributed by atoms with Gasteiger partial charge in [-0.25, -0.2) is 15.0 Å². The van der Waals surface area contributed by atoms with Gasteiger partial charge in [0.15, 0.2) is 11.6 Å². The largest absolute Gasteiger partial charge is 0.309 e. The molecule has 0 spiro atoms. The second-order valence-corrected chi connectivity index (χ2v) is 10.5. The van der Waals surface area contributed by atoms with Crippen molar-refractivity contribution in [3.8, 4) is 28.5 Å². The molecule has 0 bridgehead atoms. The third-order valence-corrected chi connectivity index (χ3v) is 7.84. The molecule has 0 atom stereocenters. The SMILES string of the molecule is CSc1ccc2c(c1)c1cc(C)ccc1n2-c1c(C)cc(C)c(-c2ncnc(-c3ccccc3)n2)c1C. The van der Waals surface area contributed by atoms with E-state index in [0.29, 0.717) is 11.6 Å². The van der Waals surface area contributed by atoms with Crippen LogP contribution in [0.4, 0.5) is 0 Å². The van der Waals surface area contributed by atoms with Crippen molar-refractivity contribution in [3.63, 3.8) is 0 Å². The van der Waals surface area contributed by atoms with E-state index in [1.54, 1.807) is 18.1 Å². The van der Waals surface area contributed by atoms with E-state index in [2.05, 4.69) is 91.0 Å². The summed E-state index contributed by atoms with van der Waals surface area (Å²) in [6, 6.07) is 25.9. The lowest BCUT2D eigenvalue weighted by molar-refractivity contribution is 1.05. The molecule has 182 valence electrons. The molecule has 6 rings (SSSR count). The first kappa shape index (κ1) is 23.4. The molecule has 0 aliphatic carbocycles. The Balaban J connectivity index is 1.64. The molecule has 37 heavy (non-hydrogen) atoms. The van der Waals surface area contributed by atoms with Gasteiger partial charge in [0, 0.05) is 26.8 Å². The van der Waals surface area contributed by atoms with Crippen LogP contribution in [0.15, 0.2) is 84.0 Å². The second kappa shape index (κ2) is 9.16. The lowest BCUT2D eigenvalue weighted by Gasteiger charge is -2.19. The average Bonchev–Trinajstić information content (AvgIpc) is 3.21. The molecule has 0 saturated heterocycles. The van der Waals surface area contributed by atoms with E-state index >= 15 is 0 Å². The standard InChI is InChI=1S/C32H28N4S/c1-19-11-13-27-25(15-19)26-17-24(37-5)12-14-28(26)36(27)30-21(3)16-20(2)29(22(30)4)32-34-18-33-31(35-32)23-9-7-6-8-10-23/h6-18H,1-5H3. The average molecular weight is 501 g/mol. The molecule has 0 radical (unpaired) electrons. The van der Waals surface area contributed by atoms with E-state index in [9.17, 15) is 0 Å². The maximum absolute atomic E-state index is 4.91. The quantitative estimate of drug-likeness (QED) is 0.229. The first-order valence-electron chi connectivity index (χ1n) is 12.4. The van der Waals surface area contributed by atoms with Crippen LogP contribution < -0.4 is 0 Å². The third-order valence-electron chi connectivity index (χ3n) is 7.11. The Bertz CT molecular complexity index is 1800. The fourth-order valence-electron chi connectivity index (χ4n) is 5.49. The van der Waals surface area contributed by atoms with Crippen LogP contribution >= 0.6 is 11.8 Å². The van der Waals surface area contributed by atoms with Crippen LogP contribution in [0.3, 0.4) is 0 Å². The maximum Gasteiger partial charge on any atom is 0.163 e. The summed E-state index contributed by atoms with van der Waals surface area (Å²) in [7, 11) is 0. The van der Waals surface area contributed by atoms with Gasteiger partial charge in [0.2, 0.25) is 0 Å². The minimum absolute atomic E-state index is 0.684. The number of benzene rings is 4. The third kappa shape index (κ3) is 3.91. The van der Waals surface area contributed by atoms with Crippen LogP contribution in [0.25, 0.3) is 50.3 Å². The second-order valence-electron chi connectivity index (χ2n) is 9.60. The predicted molar refractivity (Wildman–Crippen MR) is 156 cm³/mol. The van der Waals surface area contributed by atoms with E-state index in [1.165, 1.54) is 43.5 Å². The first-order chi connectivity index (χ1) is 18.0. The molecule has 0 N–H and O–H groups in total. The fraction of sp³-hybridized carbons (Fsp3) is 0.156. The van der Waals surface area contributed by atoms with Crippen molar-refractivity contribution >= 4 is 33.6 Å². The van der Waals surface area contributed by atoms with Gasteiger partial charge in [-0.05, 0) is 81.0 Å². The molecule has 5 heteroatoms. The number of hydrogen-bond acceptors (Lipinski definition) is 4. The van der Waals surface area contributed by atoms with E-state index in [-0.39, 0.29) is 0 Å². The highest BCUT2D eigenvalue weighted by atomic mass is 32.2. The van der Waals surface area contributed by atoms with E-state index < -0.39 is 0 Å². The fourth-order valence-corrected chi connectivity index (χ4v) is 5.93. The summed E-state index contributed by atoms with van der Waals surface area (Å²) in [4.78, 5) is 15.3. The number of aromatic nitrogens is 4. The smallest absolute Gasteiger partial charge is 0.163 e. The molecule has 4 nitrogen and oxygen atoms in total. The van der Waals surface area contributed by atoms with E-state index in [4.69, 9.17) is 4.98 Å². The van der Waals surface area contributed by atoms with Crippen LogP contribution in [0.1, 0.15) is 22.3 Å². The monoisotopic (exact) mass is 500 g/mol. The Kier molecular flexibility index (Phi) is 5.81. The van der Waals surface area contributed by atoms with Crippen molar-refractivity contribution < 1.29 is 0 Å². The van der Waals surface area contributed by atoms with Crippen LogP contribution in [-0.4, -0.2) is 25.8 Å². The Morgan fingerprint density at radius 1 is 0.703 bits per heavy atom. The highest BCUT2D eigenvalue weighted by Crippen LogP contribution is 2.39. The number of aryl methyl sites for hydroxylation is 3. The van der Waals surface area contributed by atoms with Gasteiger partial charge in [-0.15, -0.1) is 11.8 Å². The maximum atomic E-state index is 4.91. The summed E-state index contributed by atoms with van der Waals surface area (Å²) in [5, 5.41) is 2.55.